The monoisotopic (exact) mass is 353 g/mol. The first-order valence-corrected chi connectivity index (χ1v) is 9.77. The van der Waals surface area contributed by atoms with E-state index in [1.54, 1.807) is 12.5 Å². The molecule has 2 heterocycles. The van der Waals surface area contributed by atoms with Gasteiger partial charge in [-0.15, -0.1) is 0 Å². The molecule has 0 unspecified atom stereocenters. The van der Waals surface area contributed by atoms with E-state index in [9.17, 15) is 4.79 Å². The normalized spacial score (nSPS) is 23.2. The zero-order valence-corrected chi connectivity index (χ0v) is 15.4. The second-order valence-corrected chi connectivity index (χ2v) is 7.50. The summed E-state index contributed by atoms with van der Waals surface area (Å²) in [6, 6.07) is 7.78. The van der Waals surface area contributed by atoms with E-state index >= 15 is 0 Å². The van der Waals surface area contributed by atoms with Crippen LogP contribution >= 0.6 is 0 Å². The van der Waals surface area contributed by atoms with E-state index in [0.29, 0.717) is 12.5 Å². The Balaban J connectivity index is 1.46. The Hall–Kier alpha value is -2.14. The van der Waals surface area contributed by atoms with Crippen LogP contribution < -0.4 is 0 Å². The molecule has 1 aliphatic carbocycles. The van der Waals surface area contributed by atoms with Gasteiger partial charge in [0.2, 0.25) is 0 Å². The van der Waals surface area contributed by atoms with Gasteiger partial charge in [-0.1, -0.05) is 19.8 Å². The van der Waals surface area contributed by atoms with Crippen LogP contribution in [-0.4, -0.2) is 45.7 Å². The summed E-state index contributed by atoms with van der Waals surface area (Å²) in [6.45, 7) is 3.65. The third-order valence-electron chi connectivity index (χ3n) is 5.42. The Labute approximate surface area is 155 Å². The minimum atomic E-state index is 0.123. The molecule has 138 valence electrons. The molecule has 5 heteroatoms. The van der Waals surface area contributed by atoms with Crippen molar-refractivity contribution in [2.75, 3.05) is 13.1 Å². The minimum absolute atomic E-state index is 0.123. The Morgan fingerprint density at radius 3 is 2.69 bits per heavy atom. The van der Waals surface area contributed by atoms with Gasteiger partial charge in [0.25, 0.3) is 5.91 Å². The fourth-order valence-corrected chi connectivity index (χ4v) is 3.73. The lowest BCUT2D eigenvalue weighted by Gasteiger charge is -2.38. The van der Waals surface area contributed by atoms with Crippen molar-refractivity contribution in [1.82, 2.24) is 14.5 Å². The molecular formula is C21H27N3O2. The molecule has 1 aliphatic heterocycles. The lowest BCUT2D eigenvalue weighted by molar-refractivity contribution is -0.0874. The summed E-state index contributed by atoms with van der Waals surface area (Å²) in [7, 11) is 0. The molecule has 1 saturated carbocycles. The molecule has 0 N–H and O–H groups in total. The molecule has 1 saturated heterocycles. The van der Waals surface area contributed by atoms with Crippen LogP contribution in [0.1, 0.15) is 49.4 Å². The average molecular weight is 353 g/mol. The van der Waals surface area contributed by atoms with E-state index in [2.05, 4.69) is 11.9 Å². The van der Waals surface area contributed by atoms with Crippen molar-refractivity contribution < 1.29 is 9.53 Å². The number of unbranched alkanes of at least 4 members (excludes halogenated alkanes) is 1. The average Bonchev–Trinajstić information content (AvgIpc) is 3.40. The van der Waals surface area contributed by atoms with Crippen LogP contribution in [0.5, 0.6) is 0 Å². The van der Waals surface area contributed by atoms with E-state index in [0.717, 1.165) is 37.1 Å². The molecule has 4 rings (SSSR count). The van der Waals surface area contributed by atoms with Gasteiger partial charge in [-0.2, -0.15) is 0 Å². The third kappa shape index (κ3) is 3.83. The number of imidazole rings is 1. The van der Waals surface area contributed by atoms with Crippen LogP contribution in [0.2, 0.25) is 0 Å². The minimum Gasteiger partial charge on any atom is -0.371 e. The number of morpholine rings is 1. The zero-order chi connectivity index (χ0) is 17.9. The maximum Gasteiger partial charge on any atom is 0.254 e. The third-order valence-corrected chi connectivity index (χ3v) is 5.42. The summed E-state index contributed by atoms with van der Waals surface area (Å²) in [5.41, 5.74) is 1.76. The SMILES string of the molecule is CCCC[C@@H]1CN(C(=O)c2ccc(-n3ccnc3)cc2)C[C@H](C2CC2)O1. The number of rotatable bonds is 6. The number of carbonyl (C=O) groups is 1. The Kier molecular flexibility index (Phi) is 5.07. The zero-order valence-electron chi connectivity index (χ0n) is 15.4. The summed E-state index contributed by atoms with van der Waals surface area (Å²) in [6.07, 6.45) is 11.7. The molecule has 26 heavy (non-hydrogen) atoms. The highest BCUT2D eigenvalue weighted by Crippen LogP contribution is 2.37. The van der Waals surface area contributed by atoms with Crippen molar-refractivity contribution in [3.05, 3.63) is 48.5 Å². The molecule has 5 nitrogen and oxygen atoms in total. The van der Waals surface area contributed by atoms with Crippen molar-refractivity contribution in [2.24, 2.45) is 5.92 Å². The van der Waals surface area contributed by atoms with Crippen LogP contribution in [0.25, 0.3) is 5.69 Å². The van der Waals surface area contributed by atoms with Gasteiger partial charge in [-0.05, 0) is 49.4 Å². The summed E-state index contributed by atoms with van der Waals surface area (Å²) in [5.74, 6) is 0.774. The van der Waals surface area contributed by atoms with Gasteiger partial charge in [0.1, 0.15) is 0 Å². The number of hydrogen-bond acceptors (Lipinski definition) is 3. The van der Waals surface area contributed by atoms with Crippen molar-refractivity contribution in [3.8, 4) is 5.69 Å². The van der Waals surface area contributed by atoms with E-state index in [-0.39, 0.29) is 18.1 Å². The Morgan fingerprint density at radius 2 is 2.04 bits per heavy atom. The smallest absolute Gasteiger partial charge is 0.254 e. The predicted octanol–water partition coefficient (Wildman–Crippen LogP) is 3.68. The highest BCUT2D eigenvalue weighted by Gasteiger charge is 2.39. The van der Waals surface area contributed by atoms with Crippen molar-refractivity contribution in [3.63, 3.8) is 0 Å². The van der Waals surface area contributed by atoms with Gasteiger partial charge in [0, 0.05) is 36.7 Å². The molecular weight excluding hydrogens is 326 g/mol. The van der Waals surface area contributed by atoms with Crippen LogP contribution in [0.3, 0.4) is 0 Å². The largest absolute Gasteiger partial charge is 0.371 e. The van der Waals surface area contributed by atoms with Gasteiger partial charge in [0.15, 0.2) is 0 Å². The van der Waals surface area contributed by atoms with Gasteiger partial charge in [-0.3, -0.25) is 4.79 Å². The summed E-state index contributed by atoms with van der Waals surface area (Å²) in [5, 5.41) is 0. The standard InChI is InChI=1S/C21H27N3O2/c1-2-3-4-19-13-24(14-20(26-19)16-5-6-16)21(25)17-7-9-18(10-8-17)23-12-11-22-15-23/h7-12,15-16,19-20H,2-6,13-14H2,1H3/t19-,20-/m1/s1. The number of carbonyl (C=O) groups excluding carboxylic acids is 1. The number of ether oxygens (including phenoxy) is 1. The second kappa shape index (κ2) is 7.62. The quantitative estimate of drug-likeness (QED) is 0.796. The second-order valence-electron chi connectivity index (χ2n) is 7.50. The molecule has 2 aromatic rings. The molecule has 1 aromatic heterocycles. The molecule has 0 radical (unpaired) electrons. The molecule has 2 fully saturated rings. The highest BCUT2D eigenvalue weighted by molar-refractivity contribution is 5.94. The molecule has 1 amide bonds. The van der Waals surface area contributed by atoms with Crippen molar-refractivity contribution >= 4 is 5.91 Å². The number of nitrogens with zero attached hydrogens (tertiary/aromatic N) is 3. The number of aromatic nitrogens is 2. The molecule has 2 aliphatic rings. The first-order valence-electron chi connectivity index (χ1n) is 9.77. The van der Waals surface area contributed by atoms with Crippen LogP contribution in [0.4, 0.5) is 0 Å². The molecule has 2 atom stereocenters. The first-order chi connectivity index (χ1) is 12.7. The Bertz CT molecular complexity index is 722. The van der Waals surface area contributed by atoms with E-state index in [1.807, 2.05) is 39.9 Å². The summed E-state index contributed by atoms with van der Waals surface area (Å²) in [4.78, 5) is 19.1. The summed E-state index contributed by atoms with van der Waals surface area (Å²) < 4.78 is 8.23. The summed E-state index contributed by atoms with van der Waals surface area (Å²) >= 11 is 0. The fraction of sp³-hybridized carbons (Fsp3) is 0.524. The number of benzene rings is 1. The lowest BCUT2D eigenvalue weighted by atomic mass is 10.1. The van der Waals surface area contributed by atoms with Gasteiger partial charge < -0.3 is 14.2 Å². The van der Waals surface area contributed by atoms with Crippen LogP contribution in [0.15, 0.2) is 43.0 Å². The molecule has 1 aromatic carbocycles. The Morgan fingerprint density at radius 1 is 1.23 bits per heavy atom. The van der Waals surface area contributed by atoms with Gasteiger partial charge in [0.05, 0.1) is 18.5 Å². The number of hydrogen-bond donors (Lipinski definition) is 0. The van der Waals surface area contributed by atoms with Crippen molar-refractivity contribution in [1.29, 1.82) is 0 Å². The molecule has 0 spiro atoms. The molecule has 0 bridgehead atoms. The van der Waals surface area contributed by atoms with Gasteiger partial charge >= 0.3 is 0 Å². The maximum absolute atomic E-state index is 13.1. The van der Waals surface area contributed by atoms with Crippen LogP contribution in [-0.2, 0) is 4.74 Å². The predicted molar refractivity (Wildman–Crippen MR) is 100 cm³/mol. The lowest BCUT2D eigenvalue weighted by Crippen LogP contribution is -2.50. The van der Waals surface area contributed by atoms with E-state index < -0.39 is 0 Å². The first kappa shape index (κ1) is 17.3. The fourth-order valence-electron chi connectivity index (χ4n) is 3.73. The van der Waals surface area contributed by atoms with Crippen molar-refractivity contribution in [2.45, 2.75) is 51.2 Å². The van der Waals surface area contributed by atoms with Crippen LogP contribution in [0, 0.1) is 5.92 Å². The number of amides is 1. The van der Waals surface area contributed by atoms with Gasteiger partial charge in [-0.25, -0.2) is 4.98 Å². The van der Waals surface area contributed by atoms with E-state index in [1.165, 1.54) is 12.8 Å². The topological polar surface area (TPSA) is 47.4 Å². The maximum atomic E-state index is 13.1. The highest BCUT2D eigenvalue weighted by atomic mass is 16.5. The van der Waals surface area contributed by atoms with E-state index in [4.69, 9.17) is 4.74 Å².